The van der Waals surface area contributed by atoms with Crippen molar-refractivity contribution in [3.8, 4) is 0 Å². The van der Waals surface area contributed by atoms with Crippen molar-refractivity contribution in [3.05, 3.63) is 11.4 Å². The van der Waals surface area contributed by atoms with Crippen LogP contribution >= 0.6 is 0 Å². The third-order valence-electron chi connectivity index (χ3n) is 2.08. The van der Waals surface area contributed by atoms with Gasteiger partial charge in [0.05, 0.1) is 5.70 Å². The van der Waals surface area contributed by atoms with Gasteiger partial charge < -0.3 is 16.3 Å². The van der Waals surface area contributed by atoms with E-state index < -0.39 is 12.0 Å². The molecule has 0 spiro atoms. The molecule has 0 fully saturated rings. The molecular weight excluding hydrogens is 170 g/mol. The van der Waals surface area contributed by atoms with Crippen LogP contribution in [0.1, 0.15) is 19.8 Å². The molecule has 0 amide bonds. The van der Waals surface area contributed by atoms with Crippen LogP contribution in [0.15, 0.2) is 11.4 Å². The van der Waals surface area contributed by atoms with Crippen LogP contribution in [0.25, 0.3) is 0 Å². The molecule has 0 aromatic heterocycles. The summed E-state index contributed by atoms with van der Waals surface area (Å²) in [7, 11) is 1.67. The first-order valence-electron chi connectivity index (χ1n) is 4.28. The first kappa shape index (κ1) is 9.85. The molecule has 1 unspecified atom stereocenters. The zero-order valence-corrected chi connectivity index (χ0v) is 7.87. The number of hydrogen-bond acceptors (Lipinski definition) is 4. The van der Waals surface area contributed by atoms with Crippen LogP contribution in [0.2, 0.25) is 0 Å². The first-order valence-corrected chi connectivity index (χ1v) is 4.28. The molecule has 1 rings (SSSR count). The van der Waals surface area contributed by atoms with Gasteiger partial charge in [-0.3, -0.25) is 4.79 Å². The highest BCUT2D eigenvalue weighted by Crippen LogP contribution is 2.18. The summed E-state index contributed by atoms with van der Waals surface area (Å²) in [5, 5.41) is 10.4. The number of carbonyl (C=O) groups is 1. The zero-order chi connectivity index (χ0) is 10.0. The Morgan fingerprint density at radius 3 is 2.77 bits per heavy atom. The Morgan fingerprint density at radius 2 is 2.38 bits per heavy atom. The number of hydrazine groups is 1. The highest BCUT2D eigenvalue weighted by molar-refractivity contribution is 5.78. The van der Waals surface area contributed by atoms with Crippen molar-refractivity contribution in [2.75, 3.05) is 7.05 Å². The van der Waals surface area contributed by atoms with Crippen LogP contribution in [0.4, 0.5) is 0 Å². The molecule has 4 N–H and O–H groups in total. The maximum absolute atomic E-state index is 10.8. The van der Waals surface area contributed by atoms with Gasteiger partial charge in [-0.1, -0.05) is 13.3 Å². The van der Waals surface area contributed by atoms with Gasteiger partial charge >= 0.3 is 5.97 Å². The minimum absolute atomic E-state index is 0.428. The van der Waals surface area contributed by atoms with Gasteiger partial charge in [-0.2, -0.15) is 0 Å². The Morgan fingerprint density at radius 1 is 1.77 bits per heavy atom. The van der Waals surface area contributed by atoms with Crippen molar-refractivity contribution >= 4 is 5.97 Å². The van der Waals surface area contributed by atoms with Crippen LogP contribution in [-0.4, -0.2) is 29.2 Å². The van der Waals surface area contributed by atoms with Crippen molar-refractivity contribution in [2.45, 2.75) is 25.8 Å². The predicted molar refractivity (Wildman–Crippen MR) is 48.4 cm³/mol. The molecule has 0 bridgehead atoms. The Kier molecular flexibility index (Phi) is 2.77. The van der Waals surface area contributed by atoms with Gasteiger partial charge in [-0.15, -0.1) is 0 Å². The first-order chi connectivity index (χ1) is 6.07. The lowest BCUT2D eigenvalue weighted by molar-refractivity contribution is -0.141. The van der Waals surface area contributed by atoms with Crippen molar-refractivity contribution in [2.24, 2.45) is 5.73 Å². The summed E-state index contributed by atoms with van der Waals surface area (Å²) in [4.78, 5) is 10.8. The number of nitrogens with one attached hydrogen (secondary N) is 1. The molecule has 0 aromatic carbocycles. The third-order valence-corrected chi connectivity index (χ3v) is 2.08. The summed E-state index contributed by atoms with van der Waals surface area (Å²) in [6.07, 6.45) is 1.74. The molecule has 13 heavy (non-hydrogen) atoms. The Bertz CT molecular complexity index is 250. The average Bonchev–Trinajstić information content (AvgIpc) is 2.28. The number of likely N-dealkylation sites (N-methyl/N-ethyl adjacent to an activating group) is 1. The Labute approximate surface area is 77.2 Å². The molecular formula is C8H15N3O2. The number of nitrogens with zero attached hydrogens (tertiary/aromatic N) is 1. The number of hydrogen-bond donors (Lipinski definition) is 3. The van der Waals surface area contributed by atoms with E-state index in [9.17, 15) is 4.79 Å². The van der Waals surface area contributed by atoms with Crippen molar-refractivity contribution in [1.29, 1.82) is 0 Å². The summed E-state index contributed by atoms with van der Waals surface area (Å²) in [5.41, 5.74) is 9.90. The minimum Gasteiger partial charge on any atom is -0.480 e. The molecule has 0 aromatic rings. The normalized spacial score (nSPS) is 23.4. The van der Waals surface area contributed by atoms with Gasteiger partial charge in [-0.25, -0.2) is 5.01 Å². The average molecular weight is 185 g/mol. The highest BCUT2D eigenvalue weighted by atomic mass is 16.4. The monoisotopic (exact) mass is 185 g/mol. The van der Waals surface area contributed by atoms with Gasteiger partial charge in [0, 0.05) is 12.7 Å². The SMILES string of the molecule is CCCC1=C(N)C(C(=O)O)N(C)N1. The summed E-state index contributed by atoms with van der Waals surface area (Å²) in [6, 6.07) is -0.721. The molecule has 5 nitrogen and oxygen atoms in total. The Balaban J connectivity index is 2.81. The van der Waals surface area contributed by atoms with E-state index in [0.29, 0.717) is 5.70 Å². The smallest absolute Gasteiger partial charge is 0.328 e. The lowest BCUT2D eigenvalue weighted by Crippen LogP contribution is -2.41. The molecule has 1 aliphatic rings. The highest BCUT2D eigenvalue weighted by Gasteiger charge is 2.33. The standard InChI is InChI=1S/C8H15N3O2/c1-3-4-5-6(9)7(8(12)13)11(2)10-5/h7,10H,3-4,9H2,1-2H3,(H,12,13). The second kappa shape index (κ2) is 3.66. The fourth-order valence-corrected chi connectivity index (χ4v) is 1.46. The summed E-state index contributed by atoms with van der Waals surface area (Å²) < 4.78 is 0. The number of aliphatic carboxylic acids is 1. The molecule has 1 heterocycles. The summed E-state index contributed by atoms with van der Waals surface area (Å²) >= 11 is 0. The van der Waals surface area contributed by atoms with Gasteiger partial charge in [-0.05, 0) is 6.42 Å². The lowest BCUT2D eigenvalue weighted by atomic mass is 10.1. The van der Waals surface area contributed by atoms with Gasteiger partial charge in [0.2, 0.25) is 0 Å². The molecule has 5 heteroatoms. The fraction of sp³-hybridized carbons (Fsp3) is 0.625. The van der Waals surface area contributed by atoms with Crippen LogP contribution in [0.3, 0.4) is 0 Å². The van der Waals surface area contributed by atoms with Gasteiger partial charge in [0.15, 0.2) is 6.04 Å². The van der Waals surface area contributed by atoms with Gasteiger partial charge in [0.25, 0.3) is 0 Å². The van der Waals surface area contributed by atoms with Crippen molar-refractivity contribution < 1.29 is 9.90 Å². The van der Waals surface area contributed by atoms with Crippen LogP contribution in [-0.2, 0) is 4.79 Å². The fourth-order valence-electron chi connectivity index (χ4n) is 1.46. The van der Waals surface area contributed by atoms with E-state index in [4.69, 9.17) is 10.8 Å². The molecule has 1 atom stereocenters. The maximum Gasteiger partial charge on any atom is 0.328 e. The quantitative estimate of drug-likeness (QED) is 0.570. The van der Waals surface area contributed by atoms with Crippen LogP contribution in [0, 0.1) is 0 Å². The topological polar surface area (TPSA) is 78.6 Å². The van der Waals surface area contributed by atoms with E-state index >= 15 is 0 Å². The van der Waals surface area contributed by atoms with E-state index in [0.717, 1.165) is 18.5 Å². The van der Waals surface area contributed by atoms with Gasteiger partial charge in [0.1, 0.15) is 0 Å². The van der Waals surface area contributed by atoms with Crippen molar-refractivity contribution in [3.63, 3.8) is 0 Å². The Hall–Kier alpha value is -1.23. The summed E-state index contributed by atoms with van der Waals surface area (Å²) in [6.45, 7) is 2.02. The molecule has 1 aliphatic heterocycles. The number of carboxylic acids is 1. The van der Waals surface area contributed by atoms with Crippen molar-refractivity contribution in [1.82, 2.24) is 10.4 Å². The van der Waals surface area contributed by atoms with E-state index in [-0.39, 0.29) is 0 Å². The second-order valence-corrected chi connectivity index (χ2v) is 3.15. The number of nitrogens with two attached hydrogens (primary N) is 1. The molecule has 0 aliphatic carbocycles. The molecule has 0 saturated carbocycles. The molecule has 0 saturated heterocycles. The van der Waals surface area contributed by atoms with E-state index in [1.807, 2.05) is 6.92 Å². The third kappa shape index (κ3) is 1.75. The van der Waals surface area contributed by atoms with E-state index in [1.54, 1.807) is 7.05 Å². The molecule has 74 valence electrons. The van der Waals surface area contributed by atoms with E-state index in [2.05, 4.69) is 5.43 Å². The zero-order valence-electron chi connectivity index (χ0n) is 7.87. The summed E-state index contributed by atoms with van der Waals surface area (Å²) in [5.74, 6) is -0.918. The van der Waals surface area contributed by atoms with Crippen LogP contribution in [0.5, 0.6) is 0 Å². The lowest BCUT2D eigenvalue weighted by Gasteiger charge is -2.16. The largest absolute Gasteiger partial charge is 0.480 e. The maximum atomic E-state index is 10.8. The van der Waals surface area contributed by atoms with Crippen LogP contribution < -0.4 is 11.2 Å². The predicted octanol–water partition coefficient (Wildman–Crippen LogP) is -0.140. The number of rotatable bonds is 3. The molecule has 0 radical (unpaired) electrons. The van der Waals surface area contributed by atoms with E-state index in [1.165, 1.54) is 5.01 Å². The second-order valence-electron chi connectivity index (χ2n) is 3.15. The number of allylic oxidation sites excluding steroid dienone is 1. The number of carboxylic acid groups (broad SMARTS) is 1. The minimum atomic E-state index is -0.918.